The molecule has 0 spiro atoms. The van der Waals surface area contributed by atoms with Crippen LogP contribution in [0.2, 0.25) is 0 Å². The molecule has 0 aliphatic rings. The Kier molecular flexibility index (Phi) is 6.88. The Morgan fingerprint density at radius 2 is 2.09 bits per heavy atom. The Morgan fingerprint density at radius 3 is 2.68 bits per heavy atom. The van der Waals surface area contributed by atoms with Gasteiger partial charge in [0.15, 0.2) is 6.04 Å². The minimum absolute atomic E-state index is 0.253. The van der Waals surface area contributed by atoms with Crippen molar-refractivity contribution >= 4 is 23.5 Å². The summed E-state index contributed by atoms with van der Waals surface area (Å²) >= 11 is 0. The van der Waals surface area contributed by atoms with E-state index in [1.165, 1.54) is 7.11 Å². The first kappa shape index (κ1) is 17.5. The Balaban J connectivity index is 2.92. The summed E-state index contributed by atoms with van der Waals surface area (Å²) in [6.45, 7) is 5.54. The van der Waals surface area contributed by atoms with Gasteiger partial charge < -0.3 is 14.8 Å². The van der Waals surface area contributed by atoms with Gasteiger partial charge in [-0.25, -0.2) is 15.0 Å². The van der Waals surface area contributed by atoms with E-state index in [9.17, 15) is 9.59 Å². The van der Waals surface area contributed by atoms with E-state index in [1.807, 2.05) is 31.2 Å². The molecule has 0 saturated carbocycles. The lowest BCUT2D eigenvalue weighted by atomic mass is 10.1. The molecule has 1 aromatic rings. The van der Waals surface area contributed by atoms with Gasteiger partial charge in [0.1, 0.15) is 0 Å². The van der Waals surface area contributed by atoms with Gasteiger partial charge in [0.05, 0.1) is 19.4 Å². The van der Waals surface area contributed by atoms with Crippen LogP contribution in [-0.4, -0.2) is 37.5 Å². The van der Waals surface area contributed by atoms with E-state index in [4.69, 9.17) is 4.74 Å². The van der Waals surface area contributed by atoms with Crippen molar-refractivity contribution in [2.45, 2.75) is 26.8 Å². The summed E-state index contributed by atoms with van der Waals surface area (Å²) in [6, 6.07) is 6.75. The predicted octanol–water partition coefficient (Wildman–Crippen LogP) is 2.07. The third-order valence-corrected chi connectivity index (χ3v) is 2.78. The normalized spacial score (nSPS) is 12.3. The first-order valence-electron chi connectivity index (χ1n) is 6.86. The van der Waals surface area contributed by atoms with E-state index in [0.29, 0.717) is 5.71 Å². The van der Waals surface area contributed by atoms with Crippen molar-refractivity contribution in [2.75, 3.05) is 19.0 Å². The summed E-state index contributed by atoms with van der Waals surface area (Å²) in [5.41, 5.74) is 4.34. The molecule has 22 heavy (non-hydrogen) atoms. The second kappa shape index (κ2) is 8.66. The average Bonchev–Trinajstić information content (AvgIpc) is 2.50. The summed E-state index contributed by atoms with van der Waals surface area (Å²) in [4.78, 5) is 23.1. The zero-order valence-corrected chi connectivity index (χ0v) is 13.2. The van der Waals surface area contributed by atoms with Crippen LogP contribution in [0.5, 0.6) is 0 Å². The molecule has 2 N–H and O–H groups in total. The van der Waals surface area contributed by atoms with Crippen LogP contribution in [0, 0.1) is 6.92 Å². The lowest BCUT2D eigenvalue weighted by Gasteiger charge is -2.18. The molecule has 7 nitrogen and oxygen atoms in total. The minimum Gasteiger partial charge on any atom is -0.464 e. The number of hydrogen-bond donors (Lipinski definition) is 2. The van der Waals surface area contributed by atoms with E-state index in [2.05, 4.69) is 20.6 Å². The third kappa shape index (κ3) is 5.43. The molecule has 0 saturated heterocycles. The van der Waals surface area contributed by atoms with E-state index in [1.54, 1.807) is 13.8 Å². The molecule has 120 valence electrons. The summed E-state index contributed by atoms with van der Waals surface area (Å²) < 4.78 is 9.46. The van der Waals surface area contributed by atoms with E-state index >= 15 is 0 Å². The summed E-state index contributed by atoms with van der Waals surface area (Å²) in [5, 5.41) is 6.89. The number of benzene rings is 1. The van der Waals surface area contributed by atoms with Gasteiger partial charge in [-0.1, -0.05) is 12.1 Å². The molecule has 1 atom stereocenters. The van der Waals surface area contributed by atoms with Crippen LogP contribution in [-0.2, 0) is 14.3 Å². The molecule has 1 aromatic carbocycles. The van der Waals surface area contributed by atoms with Crippen molar-refractivity contribution in [1.82, 2.24) is 5.43 Å². The Morgan fingerprint density at radius 1 is 1.36 bits per heavy atom. The van der Waals surface area contributed by atoms with Gasteiger partial charge in [-0.15, -0.1) is 0 Å². The van der Waals surface area contributed by atoms with Crippen molar-refractivity contribution in [1.29, 1.82) is 0 Å². The standard InChI is InChI=1S/C15H21N3O4/c1-5-22-14(19)13(11(3)17-18-15(20)21-4)16-12-8-6-7-10(2)9-12/h6-9,13,16H,5H2,1-4H3,(H,18,20). The molecular weight excluding hydrogens is 286 g/mol. The molecule has 1 rings (SSSR count). The van der Waals surface area contributed by atoms with Crippen LogP contribution < -0.4 is 10.7 Å². The number of methoxy groups -OCH3 is 1. The fraction of sp³-hybridized carbons (Fsp3) is 0.400. The topological polar surface area (TPSA) is 89.0 Å². The maximum Gasteiger partial charge on any atom is 0.427 e. The highest BCUT2D eigenvalue weighted by molar-refractivity contribution is 6.07. The number of nitrogens with one attached hydrogen (secondary N) is 2. The summed E-state index contributed by atoms with van der Waals surface area (Å²) in [5.74, 6) is -0.475. The fourth-order valence-electron chi connectivity index (χ4n) is 1.71. The second-order valence-electron chi connectivity index (χ2n) is 4.56. The Labute approximate surface area is 129 Å². The molecule has 0 bridgehead atoms. The number of nitrogens with zero attached hydrogens (tertiary/aromatic N) is 1. The van der Waals surface area contributed by atoms with Crippen molar-refractivity contribution in [3.63, 3.8) is 0 Å². The Hall–Kier alpha value is -2.57. The van der Waals surface area contributed by atoms with Crippen LogP contribution in [0.4, 0.5) is 10.5 Å². The first-order valence-corrected chi connectivity index (χ1v) is 6.86. The van der Waals surface area contributed by atoms with Crippen LogP contribution in [0.3, 0.4) is 0 Å². The maximum absolute atomic E-state index is 12.1. The lowest BCUT2D eigenvalue weighted by molar-refractivity contribution is -0.142. The van der Waals surface area contributed by atoms with E-state index in [0.717, 1.165) is 11.3 Å². The number of rotatable bonds is 6. The molecular formula is C15H21N3O4. The minimum atomic E-state index is -0.807. The number of carbonyl (C=O) groups is 2. The van der Waals surface area contributed by atoms with Crippen molar-refractivity contribution in [3.8, 4) is 0 Å². The van der Waals surface area contributed by atoms with Gasteiger partial charge in [0.2, 0.25) is 0 Å². The van der Waals surface area contributed by atoms with Gasteiger partial charge >= 0.3 is 12.1 Å². The SMILES string of the molecule is CCOC(=O)C(Nc1cccc(C)c1)C(C)=NNC(=O)OC. The van der Waals surface area contributed by atoms with Gasteiger partial charge in [0, 0.05) is 5.69 Å². The molecule has 7 heteroatoms. The molecule has 1 unspecified atom stereocenters. The van der Waals surface area contributed by atoms with Crippen LogP contribution in [0.15, 0.2) is 29.4 Å². The number of hydrogen-bond acceptors (Lipinski definition) is 6. The maximum atomic E-state index is 12.1. The fourth-order valence-corrected chi connectivity index (χ4v) is 1.71. The van der Waals surface area contributed by atoms with Gasteiger partial charge in [0.25, 0.3) is 0 Å². The molecule has 0 radical (unpaired) electrons. The quantitative estimate of drug-likeness (QED) is 0.477. The van der Waals surface area contributed by atoms with Crippen molar-refractivity contribution in [2.24, 2.45) is 5.10 Å². The number of carbonyl (C=O) groups excluding carboxylic acids is 2. The van der Waals surface area contributed by atoms with Gasteiger partial charge in [-0.05, 0) is 38.5 Å². The number of hydrazone groups is 1. The second-order valence-corrected chi connectivity index (χ2v) is 4.56. The molecule has 1 amide bonds. The van der Waals surface area contributed by atoms with Crippen LogP contribution in [0.25, 0.3) is 0 Å². The predicted molar refractivity (Wildman–Crippen MR) is 83.9 cm³/mol. The molecule has 0 aliphatic heterocycles. The summed E-state index contributed by atoms with van der Waals surface area (Å²) in [6.07, 6.45) is -0.711. The van der Waals surface area contributed by atoms with Crippen LogP contribution in [0.1, 0.15) is 19.4 Å². The zero-order valence-electron chi connectivity index (χ0n) is 13.2. The van der Waals surface area contributed by atoms with E-state index in [-0.39, 0.29) is 6.61 Å². The highest BCUT2D eigenvalue weighted by atomic mass is 16.5. The zero-order chi connectivity index (χ0) is 16.5. The largest absolute Gasteiger partial charge is 0.464 e. The molecule has 0 fully saturated rings. The van der Waals surface area contributed by atoms with Gasteiger partial charge in [-0.2, -0.15) is 5.10 Å². The average molecular weight is 307 g/mol. The van der Waals surface area contributed by atoms with Gasteiger partial charge in [-0.3, -0.25) is 0 Å². The third-order valence-electron chi connectivity index (χ3n) is 2.78. The smallest absolute Gasteiger partial charge is 0.427 e. The highest BCUT2D eigenvalue weighted by Gasteiger charge is 2.23. The lowest BCUT2D eigenvalue weighted by Crippen LogP contribution is -2.39. The van der Waals surface area contributed by atoms with E-state index < -0.39 is 18.1 Å². The number of aryl methyl sites for hydroxylation is 1. The first-order chi connectivity index (χ1) is 10.5. The number of amides is 1. The van der Waals surface area contributed by atoms with Crippen LogP contribution >= 0.6 is 0 Å². The van der Waals surface area contributed by atoms with Crippen molar-refractivity contribution in [3.05, 3.63) is 29.8 Å². The molecule has 0 aliphatic carbocycles. The van der Waals surface area contributed by atoms with Crippen molar-refractivity contribution < 1.29 is 19.1 Å². The summed E-state index contributed by atoms with van der Waals surface area (Å²) in [7, 11) is 1.23. The highest BCUT2D eigenvalue weighted by Crippen LogP contribution is 2.12. The molecule has 0 aromatic heterocycles. The monoisotopic (exact) mass is 307 g/mol. The number of esters is 1. The number of anilines is 1. The Bertz CT molecular complexity index is 557. The number of ether oxygens (including phenoxy) is 2. The molecule has 0 heterocycles.